The van der Waals surface area contributed by atoms with Gasteiger partial charge in [0, 0.05) is 13.7 Å². The maximum atomic E-state index is 13.5. The Morgan fingerprint density at radius 2 is 2.16 bits per heavy atom. The lowest BCUT2D eigenvalue weighted by Gasteiger charge is -2.31. The first-order valence-corrected chi connectivity index (χ1v) is 6.12. The van der Waals surface area contributed by atoms with Gasteiger partial charge in [-0.3, -0.25) is 4.79 Å². The number of amides is 1. The Morgan fingerprint density at radius 3 is 2.74 bits per heavy atom. The minimum absolute atomic E-state index is 0.0104. The van der Waals surface area contributed by atoms with Crippen LogP contribution in [0.25, 0.3) is 0 Å². The van der Waals surface area contributed by atoms with Gasteiger partial charge in [0.25, 0.3) is 5.91 Å². The summed E-state index contributed by atoms with van der Waals surface area (Å²) in [6, 6.07) is -0.218. The topological polar surface area (TPSA) is 66.2 Å². The van der Waals surface area contributed by atoms with Crippen molar-refractivity contribution >= 4 is 5.91 Å². The SMILES string of the molecule is CO[C@@H]1CNCC[C@@H]1NC(=O)c1[nH]c(C)c(F)c1F. The molecule has 3 N–H and O–H groups in total. The largest absolute Gasteiger partial charge is 0.378 e. The fraction of sp³-hybridized carbons (Fsp3) is 0.583. The van der Waals surface area contributed by atoms with Crippen molar-refractivity contribution in [2.75, 3.05) is 20.2 Å². The van der Waals surface area contributed by atoms with E-state index in [0.29, 0.717) is 13.0 Å². The van der Waals surface area contributed by atoms with Crippen LogP contribution in [0, 0.1) is 18.6 Å². The average Bonchev–Trinajstić information content (AvgIpc) is 2.67. The molecule has 1 fully saturated rings. The first-order valence-electron chi connectivity index (χ1n) is 6.12. The molecule has 0 aromatic carbocycles. The summed E-state index contributed by atoms with van der Waals surface area (Å²) < 4.78 is 32.0. The highest BCUT2D eigenvalue weighted by Gasteiger charge is 2.29. The number of nitrogens with one attached hydrogen (secondary N) is 3. The van der Waals surface area contributed by atoms with Crippen molar-refractivity contribution in [1.82, 2.24) is 15.6 Å². The van der Waals surface area contributed by atoms with Crippen molar-refractivity contribution in [3.63, 3.8) is 0 Å². The Kier molecular flexibility index (Phi) is 4.16. The zero-order valence-electron chi connectivity index (χ0n) is 10.8. The van der Waals surface area contributed by atoms with Crippen LogP contribution in [0.4, 0.5) is 8.78 Å². The quantitative estimate of drug-likeness (QED) is 0.760. The molecular formula is C12H17F2N3O2. The maximum Gasteiger partial charge on any atom is 0.271 e. The molecule has 0 bridgehead atoms. The summed E-state index contributed by atoms with van der Waals surface area (Å²) in [6.07, 6.45) is 0.496. The van der Waals surface area contributed by atoms with Gasteiger partial charge in [0.05, 0.1) is 17.8 Å². The smallest absolute Gasteiger partial charge is 0.271 e. The Balaban J connectivity index is 2.09. The molecule has 7 heteroatoms. The van der Waals surface area contributed by atoms with Gasteiger partial charge in [0.15, 0.2) is 11.6 Å². The van der Waals surface area contributed by atoms with Crippen LogP contribution in [0.3, 0.4) is 0 Å². The lowest BCUT2D eigenvalue weighted by Crippen LogP contribution is -2.53. The summed E-state index contributed by atoms with van der Waals surface area (Å²) in [5, 5.41) is 5.81. The number of hydrogen-bond acceptors (Lipinski definition) is 3. The molecule has 106 valence electrons. The zero-order valence-corrected chi connectivity index (χ0v) is 10.8. The van der Waals surface area contributed by atoms with Crippen molar-refractivity contribution in [2.45, 2.75) is 25.5 Å². The molecule has 1 aromatic heterocycles. The molecule has 1 amide bonds. The molecule has 2 rings (SSSR count). The standard InChI is InChI=1S/C12H17F2N3O2/c1-6-9(13)10(14)11(16-6)12(18)17-7-3-4-15-5-8(7)19-2/h7-8,15-16H,3-5H2,1-2H3,(H,17,18)/t7-,8+/m0/s1. The number of hydrogen-bond donors (Lipinski definition) is 3. The van der Waals surface area contributed by atoms with E-state index >= 15 is 0 Å². The summed E-state index contributed by atoms with van der Waals surface area (Å²) >= 11 is 0. The van der Waals surface area contributed by atoms with Crippen molar-refractivity contribution < 1.29 is 18.3 Å². The van der Waals surface area contributed by atoms with E-state index in [1.807, 2.05) is 0 Å². The van der Waals surface area contributed by atoms with Gasteiger partial charge in [-0.1, -0.05) is 0 Å². The molecule has 2 atom stereocenters. The Morgan fingerprint density at radius 1 is 1.42 bits per heavy atom. The Hall–Kier alpha value is -1.47. The van der Waals surface area contributed by atoms with E-state index in [2.05, 4.69) is 15.6 Å². The lowest BCUT2D eigenvalue weighted by atomic mass is 10.0. The number of ether oxygens (including phenoxy) is 1. The van der Waals surface area contributed by atoms with E-state index in [1.165, 1.54) is 6.92 Å². The number of halogens is 2. The molecule has 0 radical (unpaired) electrons. The van der Waals surface area contributed by atoms with Crippen LogP contribution in [0.5, 0.6) is 0 Å². The number of piperidine rings is 1. The number of carbonyl (C=O) groups is 1. The van der Waals surface area contributed by atoms with Crippen LogP contribution in [0.2, 0.25) is 0 Å². The Bertz CT molecular complexity index is 476. The number of aromatic amines is 1. The van der Waals surface area contributed by atoms with Crippen molar-refractivity contribution in [3.05, 3.63) is 23.0 Å². The van der Waals surface area contributed by atoms with Crippen LogP contribution in [-0.4, -0.2) is 43.2 Å². The third-order valence-electron chi connectivity index (χ3n) is 3.33. The first kappa shape index (κ1) is 14.0. The van der Waals surface area contributed by atoms with E-state index in [1.54, 1.807) is 7.11 Å². The van der Waals surface area contributed by atoms with E-state index in [-0.39, 0.29) is 23.5 Å². The minimum Gasteiger partial charge on any atom is -0.378 e. The van der Waals surface area contributed by atoms with Gasteiger partial charge in [0.2, 0.25) is 0 Å². The fourth-order valence-electron chi connectivity index (χ4n) is 2.21. The molecule has 2 heterocycles. The fourth-order valence-corrected chi connectivity index (χ4v) is 2.21. The third-order valence-corrected chi connectivity index (χ3v) is 3.33. The van der Waals surface area contributed by atoms with E-state index in [0.717, 1.165) is 6.54 Å². The lowest BCUT2D eigenvalue weighted by molar-refractivity contribution is 0.0474. The maximum absolute atomic E-state index is 13.5. The zero-order chi connectivity index (χ0) is 14.0. The van der Waals surface area contributed by atoms with Crippen LogP contribution < -0.4 is 10.6 Å². The molecular weight excluding hydrogens is 256 g/mol. The number of aromatic nitrogens is 1. The van der Waals surface area contributed by atoms with Crippen LogP contribution >= 0.6 is 0 Å². The molecule has 0 saturated carbocycles. The van der Waals surface area contributed by atoms with Crippen molar-refractivity contribution in [2.24, 2.45) is 0 Å². The first-order chi connectivity index (χ1) is 9.04. The molecule has 0 spiro atoms. The number of rotatable bonds is 3. The molecule has 1 aliphatic rings. The third kappa shape index (κ3) is 2.76. The second-order valence-corrected chi connectivity index (χ2v) is 4.60. The van der Waals surface area contributed by atoms with Crippen molar-refractivity contribution in [3.8, 4) is 0 Å². The van der Waals surface area contributed by atoms with Crippen LogP contribution in [0.1, 0.15) is 22.6 Å². The van der Waals surface area contributed by atoms with Gasteiger partial charge >= 0.3 is 0 Å². The second kappa shape index (κ2) is 5.66. The number of methoxy groups -OCH3 is 1. The predicted molar refractivity (Wildman–Crippen MR) is 65.0 cm³/mol. The number of carbonyl (C=O) groups excluding carboxylic acids is 1. The van der Waals surface area contributed by atoms with Gasteiger partial charge in [0.1, 0.15) is 5.69 Å². The number of H-pyrrole nitrogens is 1. The highest BCUT2D eigenvalue weighted by atomic mass is 19.2. The van der Waals surface area contributed by atoms with E-state index < -0.39 is 17.5 Å². The molecule has 5 nitrogen and oxygen atoms in total. The number of aryl methyl sites for hydroxylation is 1. The van der Waals surface area contributed by atoms with Gasteiger partial charge in [-0.25, -0.2) is 8.78 Å². The van der Waals surface area contributed by atoms with Crippen LogP contribution in [0.15, 0.2) is 0 Å². The minimum atomic E-state index is -1.14. The summed E-state index contributed by atoms with van der Waals surface area (Å²) in [5.41, 5.74) is -0.361. The molecule has 1 saturated heterocycles. The summed E-state index contributed by atoms with van der Waals surface area (Å²) in [7, 11) is 1.55. The van der Waals surface area contributed by atoms with Gasteiger partial charge < -0.3 is 20.4 Å². The van der Waals surface area contributed by atoms with Gasteiger partial charge in [-0.05, 0) is 19.9 Å². The molecule has 1 aromatic rings. The van der Waals surface area contributed by atoms with Gasteiger partial charge in [-0.2, -0.15) is 0 Å². The van der Waals surface area contributed by atoms with Gasteiger partial charge in [-0.15, -0.1) is 0 Å². The van der Waals surface area contributed by atoms with Crippen LogP contribution in [-0.2, 0) is 4.74 Å². The van der Waals surface area contributed by atoms with Crippen molar-refractivity contribution in [1.29, 1.82) is 0 Å². The molecule has 0 unspecified atom stereocenters. The monoisotopic (exact) mass is 273 g/mol. The van der Waals surface area contributed by atoms with E-state index in [4.69, 9.17) is 4.74 Å². The second-order valence-electron chi connectivity index (χ2n) is 4.60. The Labute approximate surface area is 109 Å². The molecule has 19 heavy (non-hydrogen) atoms. The average molecular weight is 273 g/mol. The highest BCUT2D eigenvalue weighted by molar-refractivity contribution is 5.93. The molecule has 1 aliphatic heterocycles. The summed E-state index contributed by atoms with van der Waals surface area (Å²) in [6.45, 7) is 2.73. The summed E-state index contributed by atoms with van der Waals surface area (Å²) in [4.78, 5) is 14.4. The molecule has 0 aliphatic carbocycles. The predicted octanol–water partition coefficient (Wildman–Crippen LogP) is 0.708. The summed E-state index contributed by atoms with van der Waals surface area (Å²) in [5.74, 6) is -2.81. The van der Waals surface area contributed by atoms with E-state index in [9.17, 15) is 13.6 Å². The highest BCUT2D eigenvalue weighted by Crippen LogP contribution is 2.15. The normalized spacial score (nSPS) is 23.4.